The second kappa shape index (κ2) is 6.99. The molecule has 0 radical (unpaired) electrons. The number of anilines is 1. The van der Waals surface area contributed by atoms with Crippen molar-refractivity contribution in [1.82, 2.24) is 9.88 Å². The number of aromatic nitrogens is 1. The number of nitrogen functional groups attached to an aromatic ring is 1. The number of ether oxygens (including phenoxy) is 1. The van der Waals surface area contributed by atoms with Gasteiger partial charge in [0.05, 0.1) is 0 Å². The van der Waals surface area contributed by atoms with Crippen LogP contribution in [0.4, 0.5) is 10.6 Å². The molecule has 1 aromatic rings. The highest BCUT2D eigenvalue weighted by atomic mass is 16.6. The lowest BCUT2D eigenvalue weighted by molar-refractivity contribution is 0.0162. The predicted octanol–water partition coefficient (Wildman–Crippen LogP) is 3.24. The van der Waals surface area contributed by atoms with Gasteiger partial charge in [-0.15, -0.1) is 0 Å². The number of aryl methyl sites for hydroxylation is 1. The number of nitrogens with two attached hydrogens (primary N) is 1. The summed E-state index contributed by atoms with van der Waals surface area (Å²) in [5.41, 5.74) is 6.49. The van der Waals surface area contributed by atoms with Gasteiger partial charge in [-0.05, 0) is 70.1 Å². The average Bonchev–Trinajstić information content (AvgIpc) is 2.44. The first-order chi connectivity index (χ1) is 10.3. The number of carbonyl (C=O) groups excluding carboxylic acids is 1. The minimum Gasteiger partial charge on any atom is -0.444 e. The van der Waals surface area contributed by atoms with Gasteiger partial charge in [-0.1, -0.05) is 0 Å². The van der Waals surface area contributed by atoms with Crippen LogP contribution in [-0.2, 0) is 11.2 Å². The second-order valence-corrected chi connectivity index (χ2v) is 7.06. The summed E-state index contributed by atoms with van der Waals surface area (Å²) >= 11 is 0. The molecule has 22 heavy (non-hydrogen) atoms. The highest BCUT2D eigenvalue weighted by Gasteiger charge is 2.27. The summed E-state index contributed by atoms with van der Waals surface area (Å²) in [4.78, 5) is 18.0. The van der Waals surface area contributed by atoms with Gasteiger partial charge < -0.3 is 15.4 Å². The van der Waals surface area contributed by atoms with Crippen LogP contribution >= 0.6 is 0 Å². The molecule has 0 aromatic carbocycles. The van der Waals surface area contributed by atoms with Crippen LogP contribution in [0.25, 0.3) is 0 Å². The number of pyridine rings is 1. The number of nitrogens with zero attached hydrogens (tertiary/aromatic N) is 2. The lowest BCUT2D eigenvalue weighted by Gasteiger charge is -2.34. The smallest absolute Gasteiger partial charge is 0.410 e. The Hall–Kier alpha value is -1.78. The lowest BCUT2D eigenvalue weighted by atomic mass is 9.92. The maximum absolute atomic E-state index is 12.2. The van der Waals surface area contributed by atoms with Crippen molar-refractivity contribution in [3.05, 3.63) is 23.9 Å². The van der Waals surface area contributed by atoms with E-state index in [2.05, 4.69) is 4.98 Å². The molecule has 0 bridgehead atoms. The highest BCUT2D eigenvalue weighted by Crippen LogP contribution is 2.23. The monoisotopic (exact) mass is 305 g/mol. The number of rotatable bonds is 3. The van der Waals surface area contributed by atoms with Crippen molar-refractivity contribution in [3.8, 4) is 0 Å². The van der Waals surface area contributed by atoms with E-state index < -0.39 is 5.60 Å². The molecule has 122 valence electrons. The fourth-order valence-electron chi connectivity index (χ4n) is 2.81. The molecule has 1 amide bonds. The molecule has 2 N–H and O–H groups in total. The Morgan fingerprint density at radius 1 is 1.50 bits per heavy atom. The SMILES string of the molecule is CC(C)(C)OC(=O)N1CCC[C@@H](CCc2ccnc(N)c2)C1. The summed E-state index contributed by atoms with van der Waals surface area (Å²) < 4.78 is 5.47. The second-order valence-electron chi connectivity index (χ2n) is 7.06. The molecule has 5 nitrogen and oxygen atoms in total. The molecule has 1 saturated heterocycles. The topological polar surface area (TPSA) is 68.5 Å². The van der Waals surface area contributed by atoms with Crippen LogP contribution in [0, 0.1) is 5.92 Å². The lowest BCUT2D eigenvalue weighted by Crippen LogP contribution is -2.42. The molecule has 1 fully saturated rings. The van der Waals surface area contributed by atoms with Gasteiger partial charge in [0, 0.05) is 19.3 Å². The maximum Gasteiger partial charge on any atom is 0.410 e. The fraction of sp³-hybridized carbons (Fsp3) is 0.647. The van der Waals surface area contributed by atoms with Crippen molar-refractivity contribution >= 4 is 11.9 Å². The van der Waals surface area contributed by atoms with Gasteiger partial charge in [0.15, 0.2) is 0 Å². The fourth-order valence-corrected chi connectivity index (χ4v) is 2.81. The summed E-state index contributed by atoms with van der Waals surface area (Å²) in [5, 5.41) is 0. The van der Waals surface area contributed by atoms with E-state index in [9.17, 15) is 4.79 Å². The van der Waals surface area contributed by atoms with Crippen LogP contribution in [0.15, 0.2) is 18.3 Å². The molecule has 5 heteroatoms. The van der Waals surface area contributed by atoms with E-state index in [1.807, 2.05) is 37.8 Å². The van der Waals surface area contributed by atoms with Crippen LogP contribution in [0.5, 0.6) is 0 Å². The summed E-state index contributed by atoms with van der Waals surface area (Å²) in [5.74, 6) is 1.09. The van der Waals surface area contributed by atoms with E-state index >= 15 is 0 Å². The molecule has 1 aliphatic rings. The number of hydrogen-bond acceptors (Lipinski definition) is 4. The van der Waals surface area contributed by atoms with E-state index in [-0.39, 0.29) is 6.09 Å². The Balaban J connectivity index is 1.84. The first-order valence-corrected chi connectivity index (χ1v) is 8.02. The molecule has 0 unspecified atom stereocenters. The summed E-state index contributed by atoms with van der Waals surface area (Å²) in [6.45, 7) is 7.30. The van der Waals surface area contributed by atoms with Gasteiger partial charge in [-0.25, -0.2) is 9.78 Å². The summed E-state index contributed by atoms with van der Waals surface area (Å²) in [6.07, 6.45) is 5.80. The average molecular weight is 305 g/mol. The molecule has 1 aromatic heterocycles. The molecular weight excluding hydrogens is 278 g/mol. The quantitative estimate of drug-likeness (QED) is 0.930. The van der Waals surface area contributed by atoms with Gasteiger partial charge in [-0.2, -0.15) is 0 Å². The molecule has 1 aliphatic heterocycles. The van der Waals surface area contributed by atoms with Crippen LogP contribution in [0.1, 0.15) is 45.6 Å². The van der Waals surface area contributed by atoms with E-state index in [4.69, 9.17) is 10.5 Å². The molecular formula is C17H27N3O2. The highest BCUT2D eigenvalue weighted by molar-refractivity contribution is 5.68. The van der Waals surface area contributed by atoms with E-state index in [1.54, 1.807) is 6.20 Å². The number of amides is 1. The molecule has 2 heterocycles. The Kier molecular flexibility index (Phi) is 5.27. The van der Waals surface area contributed by atoms with Gasteiger partial charge in [0.25, 0.3) is 0 Å². The minimum atomic E-state index is -0.432. The van der Waals surface area contributed by atoms with Crippen molar-refractivity contribution in [2.24, 2.45) is 5.92 Å². The Morgan fingerprint density at radius 2 is 2.27 bits per heavy atom. The van der Waals surface area contributed by atoms with Gasteiger partial charge in [-0.3, -0.25) is 0 Å². The number of carbonyl (C=O) groups is 1. The van der Waals surface area contributed by atoms with Crippen molar-refractivity contribution in [2.75, 3.05) is 18.8 Å². The van der Waals surface area contributed by atoms with Crippen molar-refractivity contribution in [1.29, 1.82) is 0 Å². The Bertz CT molecular complexity index is 511. The van der Waals surface area contributed by atoms with Crippen molar-refractivity contribution < 1.29 is 9.53 Å². The Labute approximate surface area is 132 Å². The van der Waals surface area contributed by atoms with Crippen molar-refractivity contribution in [3.63, 3.8) is 0 Å². The number of piperidine rings is 1. The zero-order valence-electron chi connectivity index (χ0n) is 13.8. The molecule has 2 rings (SSSR count). The van der Waals surface area contributed by atoms with Crippen LogP contribution in [0.2, 0.25) is 0 Å². The standard InChI is InChI=1S/C17H27N3O2/c1-17(2,3)22-16(21)20-10-4-5-14(12-20)7-6-13-8-9-19-15(18)11-13/h8-9,11,14H,4-7,10,12H2,1-3H3,(H2,18,19)/t14-/m0/s1. The van der Waals surface area contributed by atoms with Crippen LogP contribution < -0.4 is 5.73 Å². The minimum absolute atomic E-state index is 0.189. The van der Waals surface area contributed by atoms with Gasteiger partial charge >= 0.3 is 6.09 Å². The normalized spacial score (nSPS) is 19.0. The number of likely N-dealkylation sites (tertiary alicyclic amines) is 1. The third kappa shape index (κ3) is 5.20. The predicted molar refractivity (Wildman–Crippen MR) is 87.5 cm³/mol. The molecule has 0 aliphatic carbocycles. The maximum atomic E-state index is 12.2. The van der Waals surface area contributed by atoms with Crippen LogP contribution in [0.3, 0.4) is 0 Å². The first-order valence-electron chi connectivity index (χ1n) is 8.02. The molecule has 0 spiro atoms. The largest absolute Gasteiger partial charge is 0.444 e. The third-order valence-electron chi connectivity index (χ3n) is 3.86. The summed E-state index contributed by atoms with van der Waals surface area (Å²) in [7, 11) is 0. The van der Waals surface area contributed by atoms with E-state index in [0.717, 1.165) is 32.4 Å². The summed E-state index contributed by atoms with van der Waals surface area (Å²) in [6, 6.07) is 3.93. The van der Waals surface area contributed by atoms with Crippen LogP contribution in [-0.4, -0.2) is 34.7 Å². The van der Waals surface area contributed by atoms with Crippen molar-refractivity contribution in [2.45, 2.75) is 52.1 Å². The van der Waals surface area contributed by atoms with E-state index in [0.29, 0.717) is 11.7 Å². The van der Waals surface area contributed by atoms with Gasteiger partial charge in [0.2, 0.25) is 0 Å². The molecule has 0 saturated carbocycles. The zero-order valence-corrected chi connectivity index (χ0v) is 13.8. The third-order valence-corrected chi connectivity index (χ3v) is 3.86. The van der Waals surface area contributed by atoms with Gasteiger partial charge in [0.1, 0.15) is 11.4 Å². The van der Waals surface area contributed by atoms with E-state index in [1.165, 1.54) is 12.0 Å². The zero-order chi connectivity index (χ0) is 16.2. The Morgan fingerprint density at radius 3 is 2.95 bits per heavy atom. The molecule has 1 atom stereocenters. The first kappa shape index (κ1) is 16.6. The number of hydrogen-bond donors (Lipinski definition) is 1.